The van der Waals surface area contributed by atoms with Gasteiger partial charge in [0.15, 0.2) is 0 Å². The highest BCUT2D eigenvalue weighted by Gasteiger charge is 2.26. The number of anilines is 1. The van der Waals surface area contributed by atoms with E-state index in [2.05, 4.69) is 40.1 Å². The van der Waals surface area contributed by atoms with Crippen molar-refractivity contribution in [1.82, 2.24) is 5.32 Å². The summed E-state index contributed by atoms with van der Waals surface area (Å²) in [6.07, 6.45) is 2.31. The number of benzene rings is 1. The van der Waals surface area contributed by atoms with Gasteiger partial charge in [0.25, 0.3) is 5.69 Å². The predicted octanol–water partition coefficient (Wildman–Crippen LogP) is 3.00. The molecule has 19 heavy (non-hydrogen) atoms. The molecule has 0 radical (unpaired) electrons. The number of non-ortho nitro benzene ring substituents is 1. The van der Waals surface area contributed by atoms with Gasteiger partial charge in [0, 0.05) is 27.9 Å². The predicted molar refractivity (Wildman–Crippen MR) is 84.5 cm³/mol. The number of nitro groups is 1. The molecule has 0 unspecified atom stereocenters. The molecule has 0 bridgehead atoms. The summed E-state index contributed by atoms with van der Waals surface area (Å²) in [4.78, 5) is 10.3. The molecule has 0 aliphatic carbocycles. The highest BCUT2D eigenvalue weighted by Crippen LogP contribution is 2.30. The van der Waals surface area contributed by atoms with Crippen molar-refractivity contribution in [2.45, 2.75) is 19.8 Å². The molecule has 6 heteroatoms. The van der Waals surface area contributed by atoms with E-state index >= 15 is 0 Å². The minimum atomic E-state index is -0.361. The van der Waals surface area contributed by atoms with E-state index in [1.165, 1.54) is 0 Å². The molecular weight excluding hydrogens is 357 g/mol. The molecule has 0 atom stereocenters. The number of nitrogens with one attached hydrogen (secondary N) is 2. The first kappa shape index (κ1) is 14.5. The molecule has 1 aromatic rings. The normalized spacial score (nSPS) is 18.0. The molecule has 1 aromatic carbocycles. The third kappa shape index (κ3) is 3.79. The van der Waals surface area contributed by atoms with Gasteiger partial charge in [-0.05, 0) is 60.0 Å². The second-order valence-electron chi connectivity index (χ2n) is 5.34. The van der Waals surface area contributed by atoms with Gasteiger partial charge in [-0.2, -0.15) is 0 Å². The Bertz CT molecular complexity index is 473. The first-order chi connectivity index (χ1) is 9.00. The lowest BCUT2D eigenvalue weighted by molar-refractivity contribution is -0.384. The molecular formula is C13H18IN3O2. The lowest BCUT2D eigenvalue weighted by atomic mass is 9.81. The Morgan fingerprint density at radius 3 is 2.74 bits per heavy atom. The molecule has 2 rings (SSSR count). The van der Waals surface area contributed by atoms with E-state index < -0.39 is 0 Å². The molecule has 0 amide bonds. The zero-order valence-corrected chi connectivity index (χ0v) is 13.1. The third-order valence-corrected chi connectivity index (χ3v) is 4.57. The van der Waals surface area contributed by atoms with Crippen molar-refractivity contribution in [3.63, 3.8) is 0 Å². The highest BCUT2D eigenvalue weighted by atomic mass is 127. The molecule has 1 fully saturated rings. The average Bonchev–Trinajstić information content (AvgIpc) is 2.38. The zero-order chi connectivity index (χ0) is 13.9. The van der Waals surface area contributed by atoms with E-state index in [-0.39, 0.29) is 10.6 Å². The van der Waals surface area contributed by atoms with Crippen molar-refractivity contribution in [3.05, 3.63) is 31.9 Å². The minimum Gasteiger partial charge on any atom is -0.384 e. The number of nitro benzene ring substituents is 1. The molecule has 1 aliphatic rings. The molecule has 0 saturated carbocycles. The van der Waals surface area contributed by atoms with Crippen molar-refractivity contribution >= 4 is 34.0 Å². The van der Waals surface area contributed by atoms with Crippen LogP contribution in [0, 0.1) is 19.1 Å². The Balaban J connectivity index is 2.01. The van der Waals surface area contributed by atoms with Crippen LogP contribution in [0.15, 0.2) is 18.2 Å². The summed E-state index contributed by atoms with van der Waals surface area (Å²) in [5.74, 6) is 0. The fourth-order valence-electron chi connectivity index (χ4n) is 2.28. The van der Waals surface area contributed by atoms with Crippen molar-refractivity contribution in [3.8, 4) is 0 Å². The summed E-state index contributed by atoms with van der Waals surface area (Å²) in [5.41, 5.74) is 1.42. The maximum Gasteiger partial charge on any atom is 0.270 e. The molecule has 0 aromatic heterocycles. The summed E-state index contributed by atoms with van der Waals surface area (Å²) in [6.45, 7) is 5.33. The first-order valence-corrected chi connectivity index (χ1v) is 7.47. The van der Waals surface area contributed by atoms with Crippen LogP contribution in [-0.4, -0.2) is 24.6 Å². The zero-order valence-electron chi connectivity index (χ0n) is 10.9. The monoisotopic (exact) mass is 375 g/mol. The van der Waals surface area contributed by atoms with Gasteiger partial charge in [0.05, 0.1) is 4.92 Å². The van der Waals surface area contributed by atoms with Crippen LogP contribution in [0.3, 0.4) is 0 Å². The SMILES string of the molecule is CC1(CNc2ccc([N+](=O)[O-])cc2I)CCNCC1. The number of hydrogen-bond donors (Lipinski definition) is 2. The summed E-state index contributed by atoms with van der Waals surface area (Å²) in [6, 6.07) is 4.95. The van der Waals surface area contributed by atoms with Crippen LogP contribution < -0.4 is 10.6 Å². The second kappa shape index (κ2) is 6.04. The van der Waals surface area contributed by atoms with Crippen LogP contribution in [0.25, 0.3) is 0 Å². The van der Waals surface area contributed by atoms with E-state index in [1.807, 2.05) is 0 Å². The Morgan fingerprint density at radius 1 is 1.47 bits per heavy atom. The van der Waals surface area contributed by atoms with E-state index in [0.29, 0.717) is 5.41 Å². The van der Waals surface area contributed by atoms with Gasteiger partial charge in [-0.1, -0.05) is 6.92 Å². The Hall–Kier alpha value is -0.890. The van der Waals surface area contributed by atoms with E-state index in [1.54, 1.807) is 18.2 Å². The van der Waals surface area contributed by atoms with Gasteiger partial charge in [-0.25, -0.2) is 0 Å². The summed E-state index contributed by atoms with van der Waals surface area (Å²) in [5, 5.41) is 17.5. The van der Waals surface area contributed by atoms with E-state index in [4.69, 9.17) is 0 Å². The molecule has 2 N–H and O–H groups in total. The number of halogens is 1. The topological polar surface area (TPSA) is 67.2 Å². The minimum absolute atomic E-state index is 0.142. The number of hydrogen-bond acceptors (Lipinski definition) is 4. The fraction of sp³-hybridized carbons (Fsp3) is 0.538. The van der Waals surface area contributed by atoms with Crippen molar-refractivity contribution in [2.24, 2.45) is 5.41 Å². The van der Waals surface area contributed by atoms with Crippen LogP contribution in [0.5, 0.6) is 0 Å². The highest BCUT2D eigenvalue weighted by molar-refractivity contribution is 14.1. The number of rotatable bonds is 4. The van der Waals surface area contributed by atoms with Crippen LogP contribution in [0.4, 0.5) is 11.4 Å². The van der Waals surface area contributed by atoms with Gasteiger partial charge >= 0.3 is 0 Å². The first-order valence-electron chi connectivity index (χ1n) is 6.39. The summed E-state index contributed by atoms with van der Waals surface area (Å²) < 4.78 is 0.893. The van der Waals surface area contributed by atoms with Crippen molar-refractivity contribution in [2.75, 3.05) is 25.0 Å². The van der Waals surface area contributed by atoms with Gasteiger partial charge in [0.2, 0.25) is 0 Å². The quantitative estimate of drug-likeness (QED) is 0.482. The van der Waals surface area contributed by atoms with Crippen LogP contribution >= 0.6 is 22.6 Å². The number of nitrogens with zero attached hydrogens (tertiary/aromatic N) is 1. The van der Waals surface area contributed by atoms with E-state index in [0.717, 1.165) is 41.7 Å². The molecule has 1 heterocycles. The standard InChI is InChI=1S/C13H18IN3O2/c1-13(4-6-15-7-5-13)9-16-12-3-2-10(17(18)19)8-11(12)14/h2-3,8,15-16H,4-7,9H2,1H3. The molecule has 1 aliphatic heterocycles. The average molecular weight is 375 g/mol. The third-order valence-electron chi connectivity index (χ3n) is 3.68. The van der Waals surface area contributed by atoms with Gasteiger partial charge < -0.3 is 10.6 Å². The van der Waals surface area contributed by atoms with Gasteiger partial charge in [0.1, 0.15) is 0 Å². The van der Waals surface area contributed by atoms with Gasteiger partial charge in [-0.15, -0.1) is 0 Å². The second-order valence-corrected chi connectivity index (χ2v) is 6.50. The lowest BCUT2D eigenvalue weighted by Crippen LogP contribution is -2.39. The largest absolute Gasteiger partial charge is 0.384 e. The Morgan fingerprint density at radius 2 is 2.16 bits per heavy atom. The fourth-order valence-corrected chi connectivity index (χ4v) is 2.97. The molecule has 5 nitrogen and oxygen atoms in total. The lowest BCUT2D eigenvalue weighted by Gasteiger charge is -2.34. The van der Waals surface area contributed by atoms with Crippen molar-refractivity contribution < 1.29 is 4.92 Å². The summed E-state index contributed by atoms with van der Waals surface area (Å²) in [7, 11) is 0. The van der Waals surface area contributed by atoms with Gasteiger partial charge in [-0.3, -0.25) is 10.1 Å². The van der Waals surface area contributed by atoms with E-state index in [9.17, 15) is 10.1 Å². The Kier molecular flexibility index (Phi) is 4.62. The van der Waals surface area contributed by atoms with Crippen LogP contribution in [0.2, 0.25) is 0 Å². The van der Waals surface area contributed by atoms with Crippen molar-refractivity contribution in [1.29, 1.82) is 0 Å². The Labute approximate surface area is 126 Å². The number of piperidine rings is 1. The maximum absolute atomic E-state index is 10.7. The van der Waals surface area contributed by atoms with Crippen LogP contribution in [0.1, 0.15) is 19.8 Å². The smallest absolute Gasteiger partial charge is 0.270 e. The maximum atomic E-state index is 10.7. The summed E-state index contributed by atoms with van der Waals surface area (Å²) >= 11 is 2.14. The van der Waals surface area contributed by atoms with Crippen LogP contribution in [-0.2, 0) is 0 Å². The molecule has 104 valence electrons. The molecule has 0 spiro atoms. The molecule has 1 saturated heterocycles.